The van der Waals surface area contributed by atoms with Crippen LogP contribution in [0.3, 0.4) is 0 Å². The first kappa shape index (κ1) is 29.2. The maximum atomic E-state index is 12.6. The predicted octanol–water partition coefficient (Wildman–Crippen LogP) is -4.94. The molecule has 0 saturated carbocycles. The van der Waals surface area contributed by atoms with E-state index in [-0.39, 0.29) is 6.42 Å². The maximum Gasteiger partial charge on any atom is 0.321 e. The number of ketones is 1. The quantitative estimate of drug-likeness (QED) is 0.113. The van der Waals surface area contributed by atoms with E-state index in [1.54, 1.807) is 30.3 Å². The number of hydrogen-bond acceptors (Lipinski definition) is 13. The van der Waals surface area contributed by atoms with Gasteiger partial charge in [0.25, 0.3) is 0 Å². The minimum absolute atomic E-state index is 0.00128. The average Bonchev–Trinajstić information content (AvgIpc) is 2.85. The summed E-state index contributed by atoms with van der Waals surface area (Å²) in [5, 5.41) is 91.3. The van der Waals surface area contributed by atoms with Crippen molar-refractivity contribution in [1.82, 2.24) is 5.32 Å². The van der Waals surface area contributed by atoms with E-state index in [2.05, 4.69) is 5.32 Å². The normalized spacial score (nSPS) is 30.3. The second-order valence-corrected chi connectivity index (χ2v) is 8.10. The molecule has 14 nitrogen and oxygen atoms in total. The number of Topliss-reactive ketones (excluding diaryl/α,β-unsaturated/α-hetero) is 1. The predicted molar refractivity (Wildman–Crippen MR) is 113 cm³/mol. The summed E-state index contributed by atoms with van der Waals surface area (Å²) in [7, 11) is 0. The molecule has 1 fully saturated rings. The van der Waals surface area contributed by atoms with Gasteiger partial charge in [-0.05, 0) is 12.0 Å². The van der Waals surface area contributed by atoms with Crippen molar-refractivity contribution in [3.8, 4) is 0 Å². The van der Waals surface area contributed by atoms with Crippen molar-refractivity contribution in [2.24, 2.45) is 0 Å². The van der Waals surface area contributed by atoms with E-state index in [0.29, 0.717) is 5.56 Å². The van der Waals surface area contributed by atoms with E-state index in [4.69, 9.17) is 9.47 Å². The first-order valence-electron chi connectivity index (χ1n) is 10.7. The van der Waals surface area contributed by atoms with Crippen molar-refractivity contribution in [3.63, 3.8) is 0 Å². The molecule has 0 bridgehead atoms. The van der Waals surface area contributed by atoms with Gasteiger partial charge in [0.2, 0.25) is 0 Å². The van der Waals surface area contributed by atoms with Gasteiger partial charge in [0.1, 0.15) is 42.7 Å². The summed E-state index contributed by atoms with van der Waals surface area (Å²) in [6.45, 7) is -2.76. The van der Waals surface area contributed by atoms with E-state index >= 15 is 0 Å². The summed E-state index contributed by atoms with van der Waals surface area (Å²) in [5.74, 6) is -5.62. The number of aliphatic hydroxyl groups excluding tert-OH is 7. The van der Waals surface area contributed by atoms with Crippen LogP contribution in [0.5, 0.6) is 0 Å². The van der Waals surface area contributed by atoms with Gasteiger partial charge >= 0.3 is 11.9 Å². The number of rotatable bonds is 13. The lowest BCUT2D eigenvalue weighted by Crippen LogP contribution is -2.68. The Morgan fingerprint density at radius 1 is 1.09 bits per heavy atom. The highest BCUT2D eigenvalue weighted by Gasteiger charge is 2.56. The van der Waals surface area contributed by atoms with E-state index in [1.807, 2.05) is 0 Å². The van der Waals surface area contributed by atoms with Crippen LogP contribution in [0.15, 0.2) is 30.3 Å². The zero-order chi connectivity index (χ0) is 26.3. The van der Waals surface area contributed by atoms with Crippen LogP contribution >= 0.6 is 0 Å². The molecule has 9 atom stereocenters. The third kappa shape index (κ3) is 7.22. The Kier molecular flexibility index (Phi) is 10.6. The summed E-state index contributed by atoms with van der Waals surface area (Å²) in [5.41, 5.74) is 0.655. The Hall–Kier alpha value is -2.08. The Morgan fingerprint density at radius 2 is 1.71 bits per heavy atom. The molecule has 35 heavy (non-hydrogen) atoms. The van der Waals surface area contributed by atoms with E-state index in [0.717, 1.165) is 0 Å². The number of ether oxygens (including phenoxy) is 2. The standard InChI is InChI=1S/C21H31NO13/c23-8-13(26)18(35-21(33)19(30)17(29)16(28)14(9-24)34-21)15(27)12(25)7-22-11(20(31)32)6-10-4-2-1-3-5-10/h1-5,11,13-19,22-24,26-30,33H,6-9H2,(H,31,32)/t11-,13+,14+,15+,16-,17-,18+,19+,21-/m0/s1. The van der Waals surface area contributed by atoms with Crippen LogP contribution in [-0.2, 0) is 25.5 Å². The molecule has 0 unspecified atom stereocenters. The van der Waals surface area contributed by atoms with E-state index in [9.17, 15) is 55.5 Å². The Labute approximate surface area is 199 Å². The van der Waals surface area contributed by atoms with Crippen molar-refractivity contribution < 1.29 is 65.0 Å². The molecule has 1 aromatic carbocycles. The molecule has 0 aromatic heterocycles. The third-order valence-corrected chi connectivity index (χ3v) is 5.54. The van der Waals surface area contributed by atoms with Gasteiger partial charge in [-0.3, -0.25) is 14.9 Å². The van der Waals surface area contributed by atoms with Crippen LogP contribution in [0.25, 0.3) is 0 Å². The number of hydrogen-bond donors (Lipinski definition) is 10. The second-order valence-electron chi connectivity index (χ2n) is 8.10. The fourth-order valence-corrected chi connectivity index (χ4v) is 3.48. The van der Waals surface area contributed by atoms with Gasteiger partial charge in [0.15, 0.2) is 11.9 Å². The lowest BCUT2D eigenvalue weighted by molar-refractivity contribution is -0.464. The minimum Gasteiger partial charge on any atom is -0.480 e. The van der Waals surface area contributed by atoms with Gasteiger partial charge in [-0.25, -0.2) is 0 Å². The fraction of sp³-hybridized carbons (Fsp3) is 0.619. The molecule has 1 heterocycles. The average molecular weight is 505 g/mol. The SMILES string of the molecule is O=C(O)[C@H](Cc1ccccc1)NCC(=O)[C@@H](O)[C@H](O[C@@]1(O)O[C@H](CO)[C@H](O)[C@H](O)[C@H]1O)[C@H](O)CO. The van der Waals surface area contributed by atoms with Gasteiger partial charge in [0, 0.05) is 0 Å². The van der Waals surface area contributed by atoms with E-state index in [1.165, 1.54) is 0 Å². The maximum absolute atomic E-state index is 12.6. The van der Waals surface area contributed by atoms with E-state index < -0.39 is 86.3 Å². The molecule has 2 rings (SSSR count). The number of aliphatic carboxylic acids is 1. The Balaban J connectivity index is 2.13. The topological polar surface area (TPSA) is 247 Å². The molecule has 0 aliphatic carbocycles. The van der Waals surface area contributed by atoms with Gasteiger partial charge < -0.3 is 55.4 Å². The summed E-state index contributed by atoms with van der Waals surface area (Å²) in [6, 6.07) is 7.26. The number of carbonyl (C=O) groups is 2. The number of nitrogens with one attached hydrogen (secondary N) is 1. The molecular weight excluding hydrogens is 474 g/mol. The zero-order valence-corrected chi connectivity index (χ0v) is 18.5. The largest absolute Gasteiger partial charge is 0.480 e. The smallest absolute Gasteiger partial charge is 0.321 e. The zero-order valence-electron chi connectivity index (χ0n) is 18.5. The molecule has 1 aromatic rings. The van der Waals surface area contributed by atoms with Crippen molar-refractivity contribution in [2.75, 3.05) is 19.8 Å². The summed E-state index contributed by atoms with van der Waals surface area (Å²) < 4.78 is 9.89. The molecule has 1 saturated heterocycles. The Bertz CT molecular complexity index is 825. The fourth-order valence-electron chi connectivity index (χ4n) is 3.48. The molecule has 0 amide bonds. The number of benzene rings is 1. The van der Waals surface area contributed by atoms with Crippen molar-refractivity contribution >= 4 is 11.8 Å². The van der Waals surface area contributed by atoms with Crippen molar-refractivity contribution in [3.05, 3.63) is 35.9 Å². The molecule has 0 radical (unpaired) electrons. The summed E-state index contributed by atoms with van der Waals surface area (Å²) in [4.78, 5) is 24.1. The number of aliphatic hydroxyl groups is 8. The van der Waals surface area contributed by atoms with Gasteiger partial charge in [-0.1, -0.05) is 30.3 Å². The first-order valence-corrected chi connectivity index (χ1v) is 10.7. The van der Waals surface area contributed by atoms with Gasteiger partial charge in [0.05, 0.1) is 19.8 Å². The second kappa shape index (κ2) is 12.8. The number of carboxylic acid groups (broad SMARTS) is 1. The van der Waals surface area contributed by atoms with Crippen molar-refractivity contribution in [1.29, 1.82) is 0 Å². The monoisotopic (exact) mass is 505 g/mol. The Morgan fingerprint density at radius 3 is 2.26 bits per heavy atom. The van der Waals surface area contributed by atoms with Crippen LogP contribution in [0.2, 0.25) is 0 Å². The molecule has 14 heteroatoms. The molecule has 10 N–H and O–H groups in total. The molecule has 1 aliphatic rings. The minimum atomic E-state index is -3.22. The molecule has 1 aliphatic heterocycles. The van der Waals surface area contributed by atoms with Crippen molar-refractivity contribution in [2.45, 2.75) is 61.2 Å². The highest BCUT2D eigenvalue weighted by Crippen LogP contribution is 2.31. The molecular formula is C21H31NO13. The van der Waals surface area contributed by atoms with Crippen LogP contribution in [0.4, 0.5) is 0 Å². The molecule has 0 spiro atoms. The third-order valence-electron chi connectivity index (χ3n) is 5.54. The van der Waals surface area contributed by atoms with Gasteiger partial charge in [-0.2, -0.15) is 0 Å². The molecule has 198 valence electrons. The lowest BCUT2D eigenvalue weighted by Gasteiger charge is -2.46. The number of carbonyl (C=O) groups excluding carboxylic acids is 1. The summed E-state index contributed by atoms with van der Waals surface area (Å²) >= 11 is 0. The van der Waals surface area contributed by atoms with Crippen LogP contribution < -0.4 is 5.32 Å². The lowest BCUT2D eigenvalue weighted by atomic mass is 9.97. The highest BCUT2D eigenvalue weighted by atomic mass is 16.8. The first-order chi connectivity index (χ1) is 16.4. The number of carboxylic acids is 1. The summed E-state index contributed by atoms with van der Waals surface area (Å²) in [6.07, 6.45) is -14.4. The van der Waals surface area contributed by atoms with Crippen LogP contribution in [0, 0.1) is 0 Å². The highest BCUT2D eigenvalue weighted by molar-refractivity contribution is 5.86. The van der Waals surface area contributed by atoms with Crippen LogP contribution in [-0.4, -0.2) is 132 Å². The van der Waals surface area contributed by atoms with Gasteiger partial charge in [-0.15, -0.1) is 0 Å². The van der Waals surface area contributed by atoms with Crippen LogP contribution in [0.1, 0.15) is 5.56 Å².